The van der Waals surface area contributed by atoms with Gasteiger partial charge < -0.3 is 9.84 Å². The van der Waals surface area contributed by atoms with Crippen LogP contribution in [-0.4, -0.2) is 33.2 Å². The van der Waals surface area contributed by atoms with Crippen molar-refractivity contribution in [2.75, 3.05) is 6.61 Å². The summed E-state index contributed by atoms with van der Waals surface area (Å²) in [5.74, 6) is 2.18. The standard InChI is InChI=1S/C16H25IN2O2/c1-9(2)19-13(7-14(17)18-19)15-11-5-10(6-12(11)15)21-8-16(3,4)20/h7,9-12,15,20H,5-6,8H2,1-4H3/t10?,11-,12+,15-. The summed E-state index contributed by atoms with van der Waals surface area (Å²) >= 11 is 2.31. The van der Waals surface area contributed by atoms with Gasteiger partial charge in [-0.3, -0.25) is 4.68 Å². The highest BCUT2D eigenvalue weighted by Crippen LogP contribution is 2.63. The molecule has 0 amide bonds. The van der Waals surface area contributed by atoms with Crippen LogP contribution in [0.1, 0.15) is 58.2 Å². The molecule has 4 atom stereocenters. The molecule has 0 saturated heterocycles. The second-order valence-electron chi connectivity index (χ2n) is 7.50. The van der Waals surface area contributed by atoms with Gasteiger partial charge in [-0.25, -0.2) is 0 Å². The maximum Gasteiger partial charge on any atom is 0.123 e. The first-order chi connectivity index (χ1) is 9.76. The molecule has 1 N–H and O–H groups in total. The number of rotatable bonds is 5. The zero-order valence-corrected chi connectivity index (χ0v) is 15.4. The molecule has 1 aromatic rings. The van der Waals surface area contributed by atoms with Crippen LogP contribution in [-0.2, 0) is 4.74 Å². The smallest absolute Gasteiger partial charge is 0.123 e. The van der Waals surface area contributed by atoms with Crippen LogP contribution in [0, 0.1) is 15.5 Å². The van der Waals surface area contributed by atoms with E-state index >= 15 is 0 Å². The van der Waals surface area contributed by atoms with Crippen molar-refractivity contribution >= 4 is 22.6 Å². The summed E-state index contributed by atoms with van der Waals surface area (Å²) in [6, 6.07) is 2.67. The first-order valence-electron chi connectivity index (χ1n) is 7.85. The maximum atomic E-state index is 9.75. The first-order valence-corrected chi connectivity index (χ1v) is 8.93. The Bertz CT molecular complexity index is 509. The van der Waals surface area contributed by atoms with E-state index in [1.165, 1.54) is 5.69 Å². The number of aliphatic hydroxyl groups is 1. The van der Waals surface area contributed by atoms with Crippen LogP contribution in [0.3, 0.4) is 0 Å². The molecular weight excluding hydrogens is 379 g/mol. The molecule has 118 valence electrons. The second kappa shape index (κ2) is 5.49. The van der Waals surface area contributed by atoms with Gasteiger partial charge in [-0.05, 0) is 81.0 Å². The van der Waals surface area contributed by atoms with Gasteiger partial charge in [0.15, 0.2) is 0 Å². The fourth-order valence-electron chi connectivity index (χ4n) is 3.73. The Labute approximate surface area is 140 Å². The van der Waals surface area contributed by atoms with Gasteiger partial charge in [0.2, 0.25) is 0 Å². The van der Waals surface area contributed by atoms with Gasteiger partial charge in [0, 0.05) is 17.7 Å². The Morgan fingerprint density at radius 1 is 1.43 bits per heavy atom. The Balaban J connectivity index is 1.60. The first kappa shape index (κ1) is 15.7. The van der Waals surface area contributed by atoms with Crippen LogP contribution in [0.4, 0.5) is 0 Å². The molecule has 0 bridgehead atoms. The average molecular weight is 404 g/mol. The summed E-state index contributed by atoms with van der Waals surface area (Å²) in [5, 5.41) is 14.4. The molecule has 0 aliphatic heterocycles. The van der Waals surface area contributed by atoms with Gasteiger partial charge in [0.1, 0.15) is 3.70 Å². The molecule has 5 heteroatoms. The number of fused-ring (bicyclic) bond motifs is 1. The lowest BCUT2D eigenvalue weighted by molar-refractivity contribution is -0.0543. The molecule has 1 unspecified atom stereocenters. The maximum absolute atomic E-state index is 9.75. The van der Waals surface area contributed by atoms with Crippen molar-refractivity contribution in [3.05, 3.63) is 15.5 Å². The quantitative estimate of drug-likeness (QED) is 0.766. The lowest BCUT2D eigenvalue weighted by Crippen LogP contribution is -2.29. The highest BCUT2D eigenvalue weighted by atomic mass is 127. The minimum atomic E-state index is -0.724. The average Bonchev–Trinajstić information content (AvgIpc) is 2.75. The van der Waals surface area contributed by atoms with Crippen molar-refractivity contribution in [3.63, 3.8) is 0 Å². The number of aromatic nitrogens is 2. The number of ether oxygens (including phenoxy) is 1. The van der Waals surface area contributed by atoms with Crippen molar-refractivity contribution in [1.82, 2.24) is 9.78 Å². The van der Waals surface area contributed by atoms with E-state index in [1.807, 2.05) is 0 Å². The monoisotopic (exact) mass is 404 g/mol. The van der Waals surface area contributed by atoms with Crippen molar-refractivity contribution in [3.8, 4) is 0 Å². The van der Waals surface area contributed by atoms with Gasteiger partial charge >= 0.3 is 0 Å². The summed E-state index contributed by atoms with van der Waals surface area (Å²) in [6.07, 6.45) is 2.59. The number of hydrogen-bond acceptors (Lipinski definition) is 3. The predicted octanol–water partition coefficient (Wildman–Crippen LogP) is 3.35. The zero-order chi connectivity index (χ0) is 15.4. The fourth-order valence-corrected chi connectivity index (χ4v) is 4.28. The largest absolute Gasteiger partial charge is 0.388 e. The van der Waals surface area contributed by atoms with Crippen LogP contribution in [0.25, 0.3) is 0 Å². The van der Waals surface area contributed by atoms with Crippen molar-refractivity contribution in [2.24, 2.45) is 11.8 Å². The van der Waals surface area contributed by atoms with E-state index in [-0.39, 0.29) is 0 Å². The summed E-state index contributed by atoms with van der Waals surface area (Å²) < 4.78 is 9.15. The molecule has 0 radical (unpaired) electrons. The molecular formula is C16H25IN2O2. The van der Waals surface area contributed by atoms with Gasteiger partial charge in [0.25, 0.3) is 0 Å². The van der Waals surface area contributed by atoms with Crippen LogP contribution in [0.15, 0.2) is 6.07 Å². The third-order valence-corrected chi connectivity index (χ3v) is 5.17. The molecule has 0 spiro atoms. The fraction of sp³-hybridized carbons (Fsp3) is 0.812. The minimum absolute atomic E-state index is 0.331. The molecule has 2 aliphatic rings. The van der Waals surface area contributed by atoms with E-state index in [0.717, 1.165) is 28.4 Å². The van der Waals surface area contributed by atoms with Gasteiger partial charge in [-0.2, -0.15) is 5.10 Å². The molecule has 1 heterocycles. The Morgan fingerprint density at radius 3 is 2.57 bits per heavy atom. The summed E-state index contributed by atoms with van der Waals surface area (Å²) in [7, 11) is 0. The second-order valence-corrected chi connectivity index (χ2v) is 8.61. The van der Waals surface area contributed by atoms with E-state index in [2.05, 4.69) is 52.3 Å². The highest BCUT2D eigenvalue weighted by Gasteiger charge is 2.58. The lowest BCUT2D eigenvalue weighted by Gasteiger charge is -2.22. The topological polar surface area (TPSA) is 47.3 Å². The normalized spacial score (nSPS) is 31.8. The van der Waals surface area contributed by atoms with Gasteiger partial charge in [-0.1, -0.05) is 0 Å². The van der Waals surface area contributed by atoms with Crippen molar-refractivity contribution < 1.29 is 9.84 Å². The van der Waals surface area contributed by atoms with E-state index < -0.39 is 5.60 Å². The van der Waals surface area contributed by atoms with Gasteiger partial charge in [-0.15, -0.1) is 0 Å². The van der Waals surface area contributed by atoms with Crippen molar-refractivity contribution in [1.29, 1.82) is 0 Å². The van der Waals surface area contributed by atoms with Gasteiger partial charge in [0.05, 0.1) is 18.3 Å². The minimum Gasteiger partial charge on any atom is -0.388 e. The summed E-state index contributed by atoms with van der Waals surface area (Å²) in [4.78, 5) is 0. The molecule has 2 saturated carbocycles. The van der Waals surface area contributed by atoms with E-state index in [1.54, 1.807) is 13.8 Å². The number of nitrogens with zero attached hydrogens (tertiary/aromatic N) is 2. The Morgan fingerprint density at radius 2 is 2.05 bits per heavy atom. The molecule has 3 rings (SSSR count). The van der Waals surface area contributed by atoms with Crippen LogP contribution >= 0.6 is 22.6 Å². The van der Waals surface area contributed by atoms with E-state index in [9.17, 15) is 5.11 Å². The predicted molar refractivity (Wildman–Crippen MR) is 90.3 cm³/mol. The lowest BCUT2D eigenvalue weighted by atomic mass is 10.1. The molecule has 4 nitrogen and oxygen atoms in total. The highest BCUT2D eigenvalue weighted by molar-refractivity contribution is 14.1. The van der Waals surface area contributed by atoms with E-state index in [0.29, 0.717) is 24.7 Å². The molecule has 1 aromatic heterocycles. The molecule has 21 heavy (non-hydrogen) atoms. The van der Waals surface area contributed by atoms with Crippen molar-refractivity contribution in [2.45, 2.75) is 64.2 Å². The summed E-state index contributed by atoms with van der Waals surface area (Å²) in [5.41, 5.74) is 0.684. The van der Waals surface area contributed by atoms with E-state index in [4.69, 9.17) is 4.74 Å². The number of hydrogen-bond donors (Lipinski definition) is 1. The Hall–Kier alpha value is -0.140. The summed E-state index contributed by atoms with van der Waals surface area (Å²) in [6.45, 7) is 8.42. The Kier molecular flexibility index (Phi) is 4.12. The van der Waals surface area contributed by atoms with Crippen LogP contribution in [0.2, 0.25) is 0 Å². The third-order valence-electron chi connectivity index (χ3n) is 4.64. The van der Waals surface area contributed by atoms with Crippen LogP contribution in [0.5, 0.6) is 0 Å². The van der Waals surface area contributed by atoms with Crippen LogP contribution < -0.4 is 0 Å². The molecule has 2 aliphatic carbocycles. The SMILES string of the molecule is CC(C)n1nc(I)cc1[C@@H]1[C@@H]2CC(OCC(C)(C)O)C[C@@H]21. The number of halogens is 1. The third kappa shape index (κ3) is 3.29. The zero-order valence-electron chi connectivity index (χ0n) is 13.2. The molecule has 0 aromatic carbocycles. The molecule has 2 fully saturated rings.